The van der Waals surface area contributed by atoms with Crippen molar-refractivity contribution in [2.75, 3.05) is 39.6 Å². The van der Waals surface area contributed by atoms with E-state index in [-0.39, 0.29) is 25.7 Å². The number of aliphatic hydroxyl groups excluding tert-OH is 1. The number of phosphoric ester groups is 2. The summed E-state index contributed by atoms with van der Waals surface area (Å²) >= 11 is 0. The third kappa shape index (κ3) is 69.5. The van der Waals surface area contributed by atoms with Crippen LogP contribution in [0, 0.1) is 23.7 Å². The molecule has 7 atom stereocenters. The van der Waals surface area contributed by atoms with Crippen LogP contribution in [0.3, 0.4) is 0 Å². The van der Waals surface area contributed by atoms with Gasteiger partial charge in [0.25, 0.3) is 0 Å². The Bertz CT molecular complexity index is 1910. The van der Waals surface area contributed by atoms with Crippen LogP contribution in [0.25, 0.3) is 0 Å². The first-order chi connectivity index (χ1) is 46.7. The Hall–Kier alpha value is -1.94. The van der Waals surface area contributed by atoms with Gasteiger partial charge in [-0.05, 0) is 49.4 Å². The SMILES string of the molecule is CCC(C)CCCCCCCCCCCCCCCCCCCCC(=O)O[C@H](COC(=O)CCCCCCCCC(C)CC)COP(=O)(O)OCC(O)COP(=O)(O)OC[C@@H](COC(=O)CCCCCCCCCC(C)C)OC(=O)CCCCCCCCCCCCCCC(C)C. The van der Waals surface area contributed by atoms with E-state index >= 15 is 0 Å². The highest BCUT2D eigenvalue weighted by Gasteiger charge is 2.30. The molecule has 17 nitrogen and oxygen atoms in total. The van der Waals surface area contributed by atoms with Gasteiger partial charge in [-0.25, -0.2) is 9.13 Å². The fraction of sp³-hybridized carbons (Fsp3) is 0.949. The summed E-state index contributed by atoms with van der Waals surface area (Å²) in [6, 6.07) is 0. The van der Waals surface area contributed by atoms with Crippen LogP contribution in [0.4, 0.5) is 0 Å². The molecule has 0 heterocycles. The lowest BCUT2D eigenvalue weighted by Gasteiger charge is -2.21. The molecule has 3 N–H and O–H groups in total. The summed E-state index contributed by atoms with van der Waals surface area (Å²) in [7, 11) is -9.91. The maximum atomic E-state index is 13.1. The third-order valence-corrected chi connectivity index (χ3v) is 20.7. The zero-order chi connectivity index (χ0) is 71.7. The van der Waals surface area contributed by atoms with Gasteiger partial charge in [0.05, 0.1) is 26.4 Å². The van der Waals surface area contributed by atoms with Crippen LogP contribution in [0.15, 0.2) is 0 Å². The summed E-state index contributed by atoms with van der Waals surface area (Å²) in [6.07, 6.45) is 52.9. The number of carbonyl (C=O) groups is 4. The van der Waals surface area contributed by atoms with Crippen molar-refractivity contribution in [1.29, 1.82) is 0 Å². The molecule has 0 aromatic heterocycles. The van der Waals surface area contributed by atoms with Crippen molar-refractivity contribution in [3.05, 3.63) is 0 Å². The van der Waals surface area contributed by atoms with Gasteiger partial charge < -0.3 is 33.8 Å². The normalized spacial score (nSPS) is 14.6. The molecular formula is C78H152O17P2. The molecular weight excluding hydrogens is 1270 g/mol. The lowest BCUT2D eigenvalue weighted by atomic mass is 9.99. The number of rotatable bonds is 75. The maximum absolute atomic E-state index is 13.1. The molecule has 0 aliphatic heterocycles. The molecule has 0 amide bonds. The van der Waals surface area contributed by atoms with Gasteiger partial charge in [0.15, 0.2) is 12.2 Å². The van der Waals surface area contributed by atoms with Crippen molar-refractivity contribution >= 4 is 39.5 Å². The van der Waals surface area contributed by atoms with Gasteiger partial charge in [-0.2, -0.15) is 0 Å². The van der Waals surface area contributed by atoms with Crippen LogP contribution in [0.2, 0.25) is 0 Å². The summed E-state index contributed by atoms with van der Waals surface area (Å²) < 4.78 is 68.5. The van der Waals surface area contributed by atoms with Gasteiger partial charge >= 0.3 is 39.5 Å². The second kappa shape index (κ2) is 67.2. The van der Waals surface area contributed by atoms with Crippen molar-refractivity contribution in [3.8, 4) is 0 Å². The van der Waals surface area contributed by atoms with Crippen LogP contribution in [-0.2, 0) is 65.4 Å². The Morgan fingerprint density at radius 2 is 0.495 bits per heavy atom. The summed E-state index contributed by atoms with van der Waals surface area (Å²) in [5.74, 6) is 0.962. The minimum absolute atomic E-state index is 0.106. The van der Waals surface area contributed by atoms with Crippen molar-refractivity contribution in [1.82, 2.24) is 0 Å². The number of hydrogen-bond donors (Lipinski definition) is 3. The lowest BCUT2D eigenvalue weighted by Crippen LogP contribution is -2.30. The second-order valence-electron chi connectivity index (χ2n) is 29.5. The molecule has 0 radical (unpaired) electrons. The molecule has 97 heavy (non-hydrogen) atoms. The minimum Gasteiger partial charge on any atom is -0.462 e. The Labute approximate surface area is 594 Å². The van der Waals surface area contributed by atoms with E-state index in [0.717, 1.165) is 120 Å². The van der Waals surface area contributed by atoms with Crippen LogP contribution < -0.4 is 0 Å². The number of hydrogen-bond acceptors (Lipinski definition) is 15. The molecule has 19 heteroatoms. The molecule has 0 aromatic carbocycles. The van der Waals surface area contributed by atoms with Gasteiger partial charge in [0.1, 0.15) is 19.3 Å². The smallest absolute Gasteiger partial charge is 0.462 e. The highest BCUT2D eigenvalue weighted by atomic mass is 31.2. The van der Waals surface area contributed by atoms with Crippen LogP contribution in [-0.4, -0.2) is 96.7 Å². The number of unbranched alkanes of at least 4 members (excludes halogenated alkanes) is 39. The number of ether oxygens (including phenoxy) is 4. The van der Waals surface area contributed by atoms with Gasteiger partial charge in [-0.15, -0.1) is 0 Å². The van der Waals surface area contributed by atoms with E-state index < -0.39 is 97.5 Å². The van der Waals surface area contributed by atoms with Gasteiger partial charge in [0.2, 0.25) is 0 Å². The zero-order valence-corrected chi connectivity index (χ0v) is 65.5. The van der Waals surface area contributed by atoms with Crippen LogP contribution in [0.1, 0.15) is 396 Å². The number of aliphatic hydroxyl groups is 1. The number of phosphoric acid groups is 2. The molecule has 0 spiro atoms. The first-order valence-electron chi connectivity index (χ1n) is 40.3. The molecule has 5 unspecified atom stereocenters. The number of esters is 4. The summed E-state index contributed by atoms with van der Waals surface area (Å²) in [5.41, 5.74) is 0. The average Bonchev–Trinajstić information content (AvgIpc) is 1.73. The van der Waals surface area contributed by atoms with Gasteiger partial charge in [0, 0.05) is 25.7 Å². The fourth-order valence-electron chi connectivity index (χ4n) is 11.8. The average molecular weight is 1420 g/mol. The molecule has 0 rings (SSSR count). The first-order valence-corrected chi connectivity index (χ1v) is 43.3. The van der Waals surface area contributed by atoms with Crippen molar-refractivity contribution in [2.24, 2.45) is 23.7 Å². The molecule has 0 aliphatic rings. The maximum Gasteiger partial charge on any atom is 0.472 e. The highest BCUT2D eigenvalue weighted by molar-refractivity contribution is 7.47. The molecule has 0 aliphatic carbocycles. The fourth-order valence-corrected chi connectivity index (χ4v) is 13.4. The Kier molecular flexibility index (Phi) is 65.9. The number of carbonyl (C=O) groups excluding carboxylic acids is 4. The third-order valence-electron chi connectivity index (χ3n) is 18.8. The summed E-state index contributed by atoms with van der Waals surface area (Å²) in [4.78, 5) is 72.8. The van der Waals surface area contributed by atoms with Crippen LogP contribution in [0.5, 0.6) is 0 Å². The highest BCUT2D eigenvalue weighted by Crippen LogP contribution is 2.45. The predicted octanol–water partition coefficient (Wildman–Crippen LogP) is 22.8. The van der Waals surface area contributed by atoms with E-state index in [0.29, 0.717) is 31.6 Å². The molecule has 0 bridgehead atoms. The lowest BCUT2D eigenvalue weighted by molar-refractivity contribution is -0.161. The predicted molar refractivity (Wildman–Crippen MR) is 395 cm³/mol. The largest absolute Gasteiger partial charge is 0.472 e. The standard InChI is InChI=1S/C78H152O17P2/c1-9-70(7)56-48-40-32-26-22-17-15-13-11-12-14-16-18-23-27-33-44-52-60-78(83)95-74(65-89-76(81)59-51-43-37-36-41-49-57-71(8)10-2)67-93-97(86,87)91-63-72(79)62-90-96(84,85)92-66-73(64-88-75(80)58-50-42-35-29-31-39-47-55-69(5)6)94-77(82)61-53-45-34-28-24-20-19-21-25-30-38-46-54-68(3)4/h68-74,79H,9-67H2,1-8H3,(H,84,85)(H,86,87)/t70?,71?,72?,73-,74-/m1/s1. The second-order valence-corrected chi connectivity index (χ2v) is 32.4. The molecule has 0 saturated carbocycles. The topological polar surface area (TPSA) is 237 Å². The van der Waals surface area contributed by atoms with Crippen molar-refractivity contribution in [3.63, 3.8) is 0 Å². The molecule has 0 saturated heterocycles. The summed E-state index contributed by atoms with van der Waals surface area (Å²) in [6.45, 7) is 14.2. The zero-order valence-electron chi connectivity index (χ0n) is 63.7. The monoisotopic (exact) mass is 1420 g/mol. The van der Waals surface area contributed by atoms with Crippen LogP contribution >= 0.6 is 15.6 Å². The summed E-state index contributed by atoms with van der Waals surface area (Å²) in [5, 5.41) is 10.6. The molecule has 0 fully saturated rings. The Balaban J connectivity index is 5.17. The van der Waals surface area contributed by atoms with Gasteiger partial charge in [-0.1, -0.05) is 344 Å². The van der Waals surface area contributed by atoms with E-state index in [9.17, 15) is 43.2 Å². The van der Waals surface area contributed by atoms with Crippen molar-refractivity contribution < 1.29 is 80.2 Å². The van der Waals surface area contributed by atoms with E-state index in [1.165, 1.54) is 186 Å². The minimum atomic E-state index is -4.96. The quantitative estimate of drug-likeness (QED) is 0.0222. The first kappa shape index (κ1) is 95.1. The van der Waals surface area contributed by atoms with Crippen molar-refractivity contribution in [2.45, 2.75) is 414 Å². The van der Waals surface area contributed by atoms with E-state index in [1.54, 1.807) is 0 Å². The van der Waals surface area contributed by atoms with Gasteiger partial charge in [-0.3, -0.25) is 37.3 Å². The molecule has 0 aromatic rings. The molecule has 576 valence electrons. The van der Waals surface area contributed by atoms with E-state index in [4.69, 9.17) is 37.0 Å². The van der Waals surface area contributed by atoms with E-state index in [1.807, 2.05) is 0 Å². The van der Waals surface area contributed by atoms with E-state index in [2.05, 4.69) is 55.4 Å². The Morgan fingerprint density at radius 3 is 0.732 bits per heavy atom. The Morgan fingerprint density at radius 1 is 0.289 bits per heavy atom.